The van der Waals surface area contributed by atoms with Gasteiger partial charge >= 0.3 is 0 Å². The molecule has 182 valence electrons. The van der Waals surface area contributed by atoms with Gasteiger partial charge in [0.25, 0.3) is 0 Å². The van der Waals surface area contributed by atoms with Gasteiger partial charge in [0.15, 0.2) is 6.29 Å². The van der Waals surface area contributed by atoms with Gasteiger partial charge in [-0.3, -0.25) is 0 Å². The van der Waals surface area contributed by atoms with Crippen LogP contribution in [0.5, 0.6) is 0 Å². The van der Waals surface area contributed by atoms with E-state index in [9.17, 15) is 5.26 Å². The maximum Gasteiger partial charge on any atom is 0.155 e. The SMILES string of the molecule is CCCOC(C)OC1CC2=C(CC[C@@H]3C2=CC[C@@]2(C)[C@H]3CC[C@@]2(C#N)CC)CC12CCOO2. The molecule has 0 N–H and O–H groups in total. The van der Waals surface area contributed by atoms with Gasteiger partial charge in [0.05, 0.1) is 24.2 Å². The Hall–Kier alpha value is -1.19. The zero-order valence-corrected chi connectivity index (χ0v) is 21.0. The molecular formula is C28H41NO4. The van der Waals surface area contributed by atoms with Gasteiger partial charge in [0.1, 0.15) is 5.60 Å². The first kappa shape index (κ1) is 23.5. The van der Waals surface area contributed by atoms with E-state index in [-0.39, 0.29) is 28.8 Å². The topological polar surface area (TPSA) is 60.7 Å². The van der Waals surface area contributed by atoms with E-state index >= 15 is 0 Å². The van der Waals surface area contributed by atoms with E-state index in [0.29, 0.717) is 25.0 Å². The fourth-order valence-electron chi connectivity index (χ4n) is 8.05. The van der Waals surface area contributed by atoms with Crippen LogP contribution in [0.25, 0.3) is 0 Å². The minimum atomic E-state index is -0.384. The summed E-state index contributed by atoms with van der Waals surface area (Å²) in [5.41, 5.74) is 4.18. The summed E-state index contributed by atoms with van der Waals surface area (Å²) < 4.78 is 12.4. The monoisotopic (exact) mass is 455 g/mol. The molecule has 1 saturated carbocycles. The number of nitriles is 1. The molecule has 5 nitrogen and oxygen atoms in total. The Morgan fingerprint density at radius 3 is 2.82 bits per heavy atom. The van der Waals surface area contributed by atoms with Crippen LogP contribution in [-0.2, 0) is 19.2 Å². The lowest BCUT2D eigenvalue weighted by atomic mass is 9.52. The van der Waals surface area contributed by atoms with Crippen LogP contribution >= 0.6 is 0 Å². The predicted molar refractivity (Wildman–Crippen MR) is 126 cm³/mol. The van der Waals surface area contributed by atoms with Crippen molar-refractivity contribution in [2.75, 3.05) is 13.2 Å². The minimum Gasteiger partial charge on any atom is -0.353 e. The Morgan fingerprint density at radius 2 is 2.12 bits per heavy atom. The molecule has 4 aliphatic carbocycles. The van der Waals surface area contributed by atoms with E-state index in [4.69, 9.17) is 19.2 Å². The van der Waals surface area contributed by atoms with E-state index in [0.717, 1.165) is 51.4 Å². The van der Waals surface area contributed by atoms with E-state index < -0.39 is 0 Å². The van der Waals surface area contributed by atoms with E-state index in [1.807, 2.05) is 6.92 Å². The lowest BCUT2D eigenvalue weighted by Crippen LogP contribution is -2.50. The van der Waals surface area contributed by atoms with Gasteiger partial charge in [-0.15, -0.1) is 0 Å². The second-order valence-electron chi connectivity index (χ2n) is 11.4. The van der Waals surface area contributed by atoms with Crippen LogP contribution in [0.2, 0.25) is 0 Å². The van der Waals surface area contributed by atoms with Crippen molar-refractivity contribution in [2.45, 2.75) is 110 Å². The van der Waals surface area contributed by atoms with Gasteiger partial charge in [0.2, 0.25) is 0 Å². The number of hydrogen-bond acceptors (Lipinski definition) is 5. The summed E-state index contributed by atoms with van der Waals surface area (Å²) in [6.45, 7) is 10.1. The van der Waals surface area contributed by atoms with Gasteiger partial charge in [-0.25, -0.2) is 9.78 Å². The number of fused-ring (bicyclic) bond motifs is 4. The molecule has 0 radical (unpaired) electrons. The molecule has 7 atom stereocenters. The molecule has 0 aromatic heterocycles. The lowest BCUT2D eigenvalue weighted by Gasteiger charge is -2.51. The highest BCUT2D eigenvalue weighted by Gasteiger charge is 2.61. The van der Waals surface area contributed by atoms with Crippen molar-refractivity contribution in [1.82, 2.24) is 0 Å². The molecule has 5 heteroatoms. The summed E-state index contributed by atoms with van der Waals surface area (Å²) in [6, 6.07) is 2.79. The standard InChI is InChI=1S/C28H41NO4/c1-5-14-30-19(3)32-25-16-23-20(17-28(25)13-15-31-33-28)7-8-22-21(23)9-11-26(4)24(22)10-12-27(26,6-2)18-29/h9,19,22,24-25H,5-8,10-17H2,1-4H3/t19?,22-,24+,25?,26+,27-,28?/m1/s1. The second-order valence-corrected chi connectivity index (χ2v) is 11.4. The van der Waals surface area contributed by atoms with Crippen LogP contribution in [-0.4, -0.2) is 31.2 Å². The molecular weight excluding hydrogens is 414 g/mol. The minimum absolute atomic E-state index is 0.0593. The molecule has 3 unspecified atom stereocenters. The highest BCUT2D eigenvalue weighted by atomic mass is 17.2. The molecule has 1 spiro atoms. The van der Waals surface area contributed by atoms with Crippen LogP contribution in [0, 0.1) is 34.0 Å². The molecule has 2 fully saturated rings. The Kier molecular flexibility index (Phi) is 6.27. The fourth-order valence-corrected chi connectivity index (χ4v) is 8.05. The Bertz CT molecular complexity index is 866. The summed E-state index contributed by atoms with van der Waals surface area (Å²) in [7, 11) is 0. The summed E-state index contributed by atoms with van der Waals surface area (Å²) in [6.07, 6.45) is 12.4. The van der Waals surface area contributed by atoms with Crippen LogP contribution in [0.1, 0.15) is 91.9 Å². The molecule has 5 rings (SSSR count). The van der Waals surface area contributed by atoms with E-state index in [2.05, 4.69) is 32.9 Å². The lowest BCUT2D eigenvalue weighted by molar-refractivity contribution is -0.341. The third-order valence-corrected chi connectivity index (χ3v) is 10.0. The van der Waals surface area contributed by atoms with Crippen molar-refractivity contribution in [2.24, 2.45) is 22.7 Å². The number of nitrogens with zero attached hydrogens (tertiary/aromatic N) is 1. The van der Waals surface area contributed by atoms with Crippen molar-refractivity contribution in [3.05, 3.63) is 22.8 Å². The average Bonchev–Trinajstić information content (AvgIpc) is 3.40. The first-order chi connectivity index (χ1) is 15.9. The van der Waals surface area contributed by atoms with Crippen LogP contribution < -0.4 is 0 Å². The van der Waals surface area contributed by atoms with Crippen LogP contribution in [0.4, 0.5) is 0 Å². The highest BCUT2D eigenvalue weighted by Crippen LogP contribution is 2.67. The zero-order chi connectivity index (χ0) is 23.3. The normalized spacial score (nSPS) is 43.0. The van der Waals surface area contributed by atoms with Gasteiger partial charge in [-0.2, -0.15) is 5.26 Å². The molecule has 0 aromatic carbocycles. The molecule has 0 aromatic rings. The molecule has 5 aliphatic rings. The maximum atomic E-state index is 10.2. The highest BCUT2D eigenvalue weighted by molar-refractivity contribution is 5.46. The molecule has 1 saturated heterocycles. The number of hydrogen-bond donors (Lipinski definition) is 0. The van der Waals surface area contributed by atoms with Gasteiger partial charge in [0, 0.05) is 25.9 Å². The van der Waals surface area contributed by atoms with Gasteiger partial charge < -0.3 is 9.47 Å². The van der Waals surface area contributed by atoms with Crippen molar-refractivity contribution >= 4 is 0 Å². The van der Waals surface area contributed by atoms with E-state index in [1.54, 1.807) is 11.1 Å². The first-order valence-electron chi connectivity index (χ1n) is 13.3. The summed E-state index contributed by atoms with van der Waals surface area (Å²) in [5, 5.41) is 10.2. The quantitative estimate of drug-likeness (QED) is 0.342. The number of ether oxygens (including phenoxy) is 2. The van der Waals surface area contributed by atoms with Crippen LogP contribution in [0.3, 0.4) is 0 Å². The van der Waals surface area contributed by atoms with Crippen LogP contribution in [0.15, 0.2) is 22.8 Å². The molecule has 0 amide bonds. The largest absolute Gasteiger partial charge is 0.353 e. The average molecular weight is 456 g/mol. The third-order valence-electron chi connectivity index (χ3n) is 10.0. The zero-order valence-electron chi connectivity index (χ0n) is 21.0. The van der Waals surface area contributed by atoms with Crippen molar-refractivity contribution in [3.63, 3.8) is 0 Å². The summed E-state index contributed by atoms with van der Waals surface area (Å²) >= 11 is 0. The Morgan fingerprint density at radius 1 is 1.27 bits per heavy atom. The number of rotatable bonds is 6. The second kappa shape index (κ2) is 8.79. The van der Waals surface area contributed by atoms with Crippen molar-refractivity contribution in [1.29, 1.82) is 5.26 Å². The Labute approximate surface area is 199 Å². The third kappa shape index (κ3) is 3.56. The van der Waals surface area contributed by atoms with Crippen molar-refractivity contribution in [3.8, 4) is 6.07 Å². The summed E-state index contributed by atoms with van der Waals surface area (Å²) in [5.74, 6) is 1.19. The summed E-state index contributed by atoms with van der Waals surface area (Å²) in [4.78, 5) is 11.4. The maximum absolute atomic E-state index is 10.2. The molecule has 1 heterocycles. The van der Waals surface area contributed by atoms with Gasteiger partial charge in [-0.1, -0.05) is 32.4 Å². The van der Waals surface area contributed by atoms with Gasteiger partial charge in [-0.05, 0) is 80.3 Å². The fraction of sp³-hybridized carbons (Fsp3) is 0.821. The molecule has 1 aliphatic heterocycles. The van der Waals surface area contributed by atoms with Crippen molar-refractivity contribution < 1.29 is 19.2 Å². The predicted octanol–water partition coefficient (Wildman–Crippen LogP) is 6.40. The van der Waals surface area contributed by atoms with E-state index in [1.165, 1.54) is 18.4 Å². The Balaban J connectivity index is 1.44. The first-order valence-corrected chi connectivity index (χ1v) is 13.3. The molecule has 0 bridgehead atoms. The molecule has 33 heavy (non-hydrogen) atoms. The number of allylic oxidation sites excluding steroid dienone is 2. The smallest absolute Gasteiger partial charge is 0.155 e.